The fourth-order valence-corrected chi connectivity index (χ4v) is 2.23. The van der Waals surface area contributed by atoms with Gasteiger partial charge in [0.2, 0.25) is 0 Å². The molecule has 0 amide bonds. The number of aryl methyl sites for hydroxylation is 2. The van der Waals surface area contributed by atoms with E-state index >= 15 is 0 Å². The third kappa shape index (κ3) is 2.91. The van der Waals surface area contributed by atoms with Crippen molar-refractivity contribution in [3.05, 3.63) is 28.8 Å². The van der Waals surface area contributed by atoms with Crippen molar-refractivity contribution in [3.8, 4) is 5.75 Å². The van der Waals surface area contributed by atoms with Gasteiger partial charge in [-0.3, -0.25) is 4.79 Å². The number of ketones is 1. The van der Waals surface area contributed by atoms with Gasteiger partial charge in [0.05, 0.1) is 12.7 Å². The van der Waals surface area contributed by atoms with Crippen LogP contribution in [0, 0.1) is 19.3 Å². The highest BCUT2D eigenvalue weighted by Gasteiger charge is 2.30. The predicted molar refractivity (Wildman–Crippen MR) is 74.3 cm³/mol. The lowest BCUT2D eigenvalue weighted by Gasteiger charge is -2.24. The summed E-state index contributed by atoms with van der Waals surface area (Å²) in [5.74, 6) is 0.771. The fourth-order valence-electron chi connectivity index (χ4n) is 2.23. The molecule has 0 bridgehead atoms. The Hall–Kier alpha value is -1.35. The Balaban J connectivity index is 3.28. The van der Waals surface area contributed by atoms with E-state index in [1.807, 2.05) is 39.8 Å². The highest BCUT2D eigenvalue weighted by atomic mass is 16.5. The van der Waals surface area contributed by atoms with Crippen molar-refractivity contribution in [1.29, 1.82) is 0 Å². The molecule has 0 heterocycles. The Kier molecular flexibility index (Phi) is 4.52. The fraction of sp³-hybridized carbons (Fsp3) is 0.533. The van der Waals surface area contributed by atoms with Crippen LogP contribution in [-0.2, 0) is 0 Å². The molecule has 1 aromatic rings. The first-order chi connectivity index (χ1) is 8.33. The predicted octanol–water partition coefficient (Wildman–Crippen LogP) is 2.87. The minimum atomic E-state index is -0.456. The number of Topliss-reactive ketones (excluding diaryl/α,β-unsaturated/α-hetero) is 1. The van der Waals surface area contributed by atoms with E-state index in [1.165, 1.54) is 0 Å². The number of carbonyl (C=O) groups is 1. The first kappa shape index (κ1) is 14.7. The second kappa shape index (κ2) is 5.53. The van der Waals surface area contributed by atoms with Gasteiger partial charge in [0, 0.05) is 5.41 Å². The summed E-state index contributed by atoms with van der Waals surface area (Å²) in [4.78, 5) is 12.6. The molecular weight excluding hydrogens is 226 g/mol. The largest absolute Gasteiger partial charge is 0.496 e. The van der Waals surface area contributed by atoms with Gasteiger partial charge in [-0.2, -0.15) is 0 Å². The van der Waals surface area contributed by atoms with Gasteiger partial charge in [-0.15, -0.1) is 0 Å². The van der Waals surface area contributed by atoms with E-state index in [1.54, 1.807) is 7.11 Å². The number of nitrogens with two attached hydrogens (primary N) is 1. The Morgan fingerprint density at radius 1 is 1.33 bits per heavy atom. The first-order valence-corrected chi connectivity index (χ1v) is 6.23. The molecule has 1 aromatic carbocycles. The van der Waals surface area contributed by atoms with E-state index in [4.69, 9.17) is 10.5 Å². The lowest BCUT2D eigenvalue weighted by Crippen LogP contribution is -2.28. The molecule has 100 valence electrons. The Bertz CT molecular complexity index is 450. The lowest BCUT2D eigenvalue weighted by atomic mass is 9.80. The van der Waals surface area contributed by atoms with Crippen LogP contribution in [0.4, 0.5) is 0 Å². The SMILES string of the molecule is COc1c(C)cc(C)cc1C(=O)C(C)(C)CCN. The molecule has 0 unspecified atom stereocenters. The van der Waals surface area contributed by atoms with Gasteiger partial charge in [0.15, 0.2) is 5.78 Å². The topological polar surface area (TPSA) is 52.3 Å². The van der Waals surface area contributed by atoms with Crippen molar-refractivity contribution < 1.29 is 9.53 Å². The summed E-state index contributed by atoms with van der Waals surface area (Å²) < 4.78 is 5.37. The van der Waals surface area contributed by atoms with Gasteiger partial charge in [-0.1, -0.05) is 19.9 Å². The van der Waals surface area contributed by atoms with Crippen LogP contribution >= 0.6 is 0 Å². The Morgan fingerprint density at radius 2 is 1.94 bits per heavy atom. The zero-order chi connectivity index (χ0) is 13.9. The minimum absolute atomic E-state index is 0.0941. The van der Waals surface area contributed by atoms with Crippen molar-refractivity contribution in [2.24, 2.45) is 11.1 Å². The molecule has 0 radical (unpaired) electrons. The maximum absolute atomic E-state index is 12.6. The van der Waals surface area contributed by atoms with Crippen LogP contribution in [0.25, 0.3) is 0 Å². The Labute approximate surface area is 109 Å². The molecule has 0 saturated heterocycles. The summed E-state index contributed by atoms with van der Waals surface area (Å²) in [6.45, 7) is 8.31. The number of hydrogen-bond acceptors (Lipinski definition) is 3. The first-order valence-electron chi connectivity index (χ1n) is 6.23. The smallest absolute Gasteiger partial charge is 0.172 e. The molecule has 3 nitrogen and oxygen atoms in total. The maximum Gasteiger partial charge on any atom is 0.172 e. The third-order valence-electron chi connectivity index (χ3n) is 3.25. The van der Waals surface area contributed by atoms with Crippen LogP contribution in [0.2, 0.25) is 0 Å². The Morgan fingerprint density at radius 3 is 2.44 bits per heavy atom. The lowest BCUT2D eigenvalue weighted by molar-refractivity contribution is 0.0826. The highest BCUT2D eigenvalue weighted by molar-refractivity contribution is 6.02. The molecule has 0 aromatic heterocycles. The van der Waals surface area contributed by atoms with Crippen molar-refractivity contribution in [2.75, 3.05) is 13.7 Å². The molecule has 1 rings (SSSR count). The molecule has 0 aliphatic carbocycles. The average Bonchev–Trinajstić information content (AvgIpc) is 2.27. The van der Waals surface area contributed by atoms with Crippen molar-refractivity contribution in [3.63, 3.8) is 0 Å². The monoisotopic (exact) mass is 249 g/mol. The van der Waals surface area contributed by atoms with Gasteiger partial charge < -0.3 is 10.5 Å². The molecule has 0 spiro atoms. The molecule has 3 heteroatoms. The molecule has 0 aliphatic heterocycles. The zero-order valence-corrected chi connectivity index (χ0v) is 12.0. The average molecular weight is 249 g/mol. The van der Waals surface area contributed by atoms with Gasteiger partial charge in [0.1, 0.15) is 5.75 Å². The van der Waals surface area contributed by atoms with Crippen LogP contribution in [0.5, 0.6) is 5.75 Å². The molecule has 0 aliphatic rings. The summed E-state index contributed by atoms with van der Waals surface area (Å²) in [5, 5.41) is 0. The van der Waals surface area contributed by atoms with Crippen molar-refractivity contribution >= 4 is 5.78 Å². The number of hydrogen-bond donors (Lipinski definition) is 1. The van der Waals surface area contributed by atoms with Crippen LogP contribution < -0.4 is 10.5 Å². The van der Waals surface area contributed by atoms with Gasteiger partial charge >= 0.3 is 0 Å². The summed E-state index contributed by atoms with van der Waals surface area (Å²) in [6.07, 6.45) is 0.669. The zero-order valence-electron chi connectivity index (χ0n) is 12.0. The minimum Gasteiger partial charge on any atom is -0.496 e. The quantitative estimate of drug-likeness (QED) is 0.816. The van der Waals surface area contributed by atoms with E-state index in [0.717, 1.165) is 11.1 Å². The normalized spacial score (nSPS) is 11.4. The molecule has 2 N–H and O–H groups in total. The number of methoxy groups -OCH3 is 1. The van der Waals surface area contributed by atoms with E-state index in [-0.39, 0.29) is 5.78 Å². The van der Waals surface area contributed by atoms with Gasteiger partial charge in [-0.25, -0.2) is 0 Å². The third-order valence-corrected chi connectivity index (χ3v) is 3.25. The standard InChI is InChI=1S/C15H23NO2/c1-10-8-11(2)13(18-5)12(9-10)14(17)15(3,4)6-7-16/h8-9H,6-7,16H2,1-5H3. The van der Waals surface area contributed by atoms with E-state index in [2.05, 4.69) is 0 Å². The van der Waals surface area contributed by atoms with Gasteiger partial charge in [0.25, 0.3) is 0 Å². The molecule has 18 heavy (non-hydrogen) atoms. The van der Waals surface area contributed by atoms with E-state index in [0.29, 0.717) is 24.3 Å². The number of ether oxygens (including phenoxy) is 1. The number of carbonyl (C=O) groups excluding carboxylic acids is 1. The van der Waals surface area contributed by atoms with Crippen molar-refractivity contribution in [1.82, 2.24) is 0 Å². The number of benzene rings is 1. The highest BCUT2D eigenvalue weighted by Crippen LogP contribution is 2.32. The summed E-state index contributed by atoms with van der Waals surface area (Å²) in [6, 6.07) is 3.91. The summed E-state index contributed by atoms with van der Waals surface area (Å²) in [5.41, 5.74) is 7.84. The maximum atomic E-state index is 12.6. The summed E-state index contributed by atoms with van der Waals surface area (Å²) >= 11 is 0. The van der Waals surface area contributed by atoms with Gasteiger partial charge in [-0.05, 0) is 44.0 Å². The van der Waals surface area contributed by atoms with Crippen molar-refractivity contribution in [2.45, 2.75) is 34.1 Å². The second-order valence-electron chi connectivity index (χ2n) is 5.41. The number of rotatable bonds is 5. The summed E-state index contributed by atoms with van der Waals surface area (Å²) in [7, 11) is 1.60. The molecular formula is C15H23NO2. The van der Waals surface area contributed by atoms with E-state index in [9.17, 15) is 4.79 Å². The van der Waals surface area contributed by atoms with Crippen LogP contribution in [0.3, 0.4) is 0 Å². The molecule has 0 fully saturated rings. The molecule has 0 atom stereocenters. The van der Waals surface area contributed by atoms with Crippen LogP contribution in [0.15, 0.2) is 12.1 Å². The van der Waals surface area contributed by atoms with E-state index < -0.39 is 5.41 Å². The van der Waals surface area contributed by atoms with Crippen LogP contribution in [0.1, 0.15) is 41.8 Å². The van der Waals surface area contributed by atoms with Crippen LogP contribution in [-0.4, -0.2) is 19.4 Å². The second-order valence-corrected chi connectivity index (χ2v) is 5.41. The molecule has 0 saturated carbocycles.